The van der Waals surface area contributed by atoms with Gasteiger partial charge in [0.1, 0.15) is 5.76 Å². The lowest BCUT2D eigenvalue weighted by Crippen LogP contribution is -2.34. The first-order valence-electron chi connectivity index (χ1n) is 8.75. The van der Waals surface area contributed by atoms with E-state index in [0.29, 0.717) is 17.5 Å². The van der Waals surface area contributed by atoms with Gasteiger partial charge in [0.25, 0.3) is 0 Å². The molecule has 4 rings (SSSR count). The fourth-order valence-corrected chi connectivity index (χ4v) is 2.94. The molecule has 28 heavy (non-hydrogen) atoms. The molecule has 0 aliphatic heterocycles. The minimum atomic E-state index is -0.525. The van der Waals surface area contributed by atoms with Crippen molar-refractivity contribution in [2.75, 3.05) is 0 Å². The summed E-state index contributed by atoms with van der Waals surface area (Å²) in [6.45, 7) is 3.80. The summed E-state index contributed by atoms with van der Waals surface area (Å²) in [6.07, 6.45) is 2.12. The number of aromatic nitrogens is 3. The number of benzene rings is 1. The Hall–Kier alpha value is -3.62. The largest absolute Gasteiger partial charge is 0.469 e. The normalized spacial score (nSPS) is 12.4. The predicted molar refractivity (Wildman–Crippen MR) is 98.0 cm³/mol. The highest BCUT2D eigenvalue weighted by molar-refractivity contribution is 5.89. The van der Waals surface area contributed by atoms with E-state index in [1.165, 1.54) is 4.57 Å². The monoisotopic (exact) mass is 382 g/mol. The molecule has 0 aliphatic carbocycles. The van der Waals surface area contributed by atoms with Crippen molar-refractivity contribution in [2.24, 2.45) is 0 Å². The maximum atomic E-state index is 12.3. The quantitative estimate of drug-likeness (QED) is 0.544. The zero-order valence-corrected chi connectivity index (χ0v) is 15.3. The average molecular weight is 382 g/mol. The van der Waals surface area contributed by atoms with Crippen molar-refractivity contribution < 1.29 is 18.2 Å². The Morgan fingerprint density at radius 1 is 1.32 bits per heavy atom. The number of furan rings is 1. The lowest BCUT2D eigenvalue weighted by molar-refractivity contribution is 0.0895. The van der Waals surface area contributed by atoms with Crippen LogP contribution in [0.2, 0.25) is 0 Å². The maximum absolute atomic E-state index is 12.3. The van der Waals surface area contributed by atoms with Gasteiger partial charge in [-0.15, -0.1) is 0 Å². The Labute approximate surface area is 158 Å². The van der Waals surface area contributed by atoms with Crippen molar-refractivity contribution in [3.63, 3.8) is 0 Å². The summed E-state index contributed by atoms with van der Waals surface area (Å²) in [4.78, 5) is 28.5. The number of carbonyl (C=O) groups excluding carboxylic acids is 1. The van der Waals surface area contributed by atoms with Gasteiger partial charge < -0.3 is 18.7 Å². The third kappa shape index (κ3) is 3.59. The molecule has 1 atom stereocenters. The number of oxazole rings is 1. The van der Waals surface area contributed by atoms with E-state index in [2.05, 4.69) is 15.5 Å². The van der Waals surface area contributed by atoms with Crippen molar-refractivity contribution >= 4 is 17.0 Å². The van der Waals surface area contributed by atoms with Crippen LogP contribution in [-0.4, -0.2) is 26.7 Å². The number of fused-ring (bicyclic) bond motifs is 1. The minimum absolute atomic E-state index is 0.0357. The highest BCUT2D eigenvalue weighted by Gasteiger charge is 2.19. The van der Waals surface area contributed by atoms with Crippen molar-refractivity contribution in [2.45, 2.75) is 32.9 Å². The van der Waals surface area contributed by atoms with Crippen LogP contribution in [0.1, 0.15) is 34.8 Å². The van der Waals surface area contributed by atoms with Crippen LogP contribution < -0.4 is 11.1 Å². The second-order valence-corrected chi connectivity index (χ2v) is 6.60. The Balaban J connectivity index is 1.47. The van der Waals surface area contributed by atoms with Crippen molar-refractivity contribution in [3.05, 3.63) is 70.2 Å². The molecule has 0 unspecified atom stereocenters. The van der Waals surface area contributed by atoms with Crippen LogP contribution in [0.5, 0.6) is 0 Å². The van der Waals surface area contributed by atoms with Gasteiger partial charge in [-0.25, -0.2) is 4.79 Å². The van der Waals surface area contributed by atoms with E-state index in [1.807, 2.05) is 32.0 Å². The van der Waals surface area contributed by atoms with Crippen molar-refractivity contribution in [1.82, 2.24) is 20.0 Å². The molecule has 0 saturated heterocycles. The Bertz CT molecular complexity index is 1170. The standard InChI is InChI=1S/C19H18N4O5/c1-11-5-6-15-14(8-11)23(19(25)27-15)10-16-21-18(28-22-16)17(24)20-12(2)9-13-4-3-7-26-13/h3-8,12H,9-10H2,1-2H3,(H,20,24)/t12-/m0/s1. The highest BCUT2D eigenvalue weighted by Crippen LogP contribution is 2.15. The second kappa shape index (κ2) is 7.18. The van der Waals surface area contributed by atoms with E-state index in [0.717, 1.165) is 11.3 Å². The van der Waals surface area contributed by atoms with Crippen molar-refractivity contribution in [3.8, 4) is 0 Å². The van der Waals surface area contributed by atoms with Crippen LogP contribution in [0, 0.1) is 6.92 Å². The van der Waals surface area contributed by atoms with Crippen LogP contribution in [0.4, 0.5) is 0 Å². The number of nitrogens with zero attached hydrogens (tertiary/aromatic N) is 3. The molecule has 0 fully saturated rings. The molecule has 1 amide bonds. The molecule has 9 nitrogen and oxygen atoms in total. The van der Waals surface area contributed by atoms with Gasteiger partial charge in [-0.3, -0.25) is 9.36 Å². The first-order chi connectivity index (χ1) is 13.5. The number of aryl methyl sites for hydroxylation is 1. The molecule has 4 aromatic rings. The number of hydrogen-bond acceptors (Lipinski definition) is 7. The van der Waals surface area contributed by atoms with Gasteiger partial charge >= 0.3 is 17.6 Å². The van der Waals surface area contributed by atoms with Crippen LogP contribution in [0.25, 0.3) is 11.1 Å². The molecule has 1 N–H and O–H groups in total. The number of carbonyl (C=O) groups is 1. The fraction of sp³-hybridized carbons (Fsp3) is 0.263. The van der Waals surface area contributed by atoms with E-state index in [1.54, 1.807) is 18.4 Å². The average Bonchev–Trinajstić information content (AvgIpc) is 3.37. The molecule has 0 radical (unpaired) electrons. The SMILES string of the molecule is Cc1ccc2oc(=O)n(Cc3noc(C(=O)N[C@@H](C)Cc4ccco4)n3)c2c1. The van der Waals surface area contributed by atoms with E-state index in [4.69, 9.17) is 13.4 Å². The van der Waals surface area contributed by atoms with Gasteiger partial charge in [-0.05, 0) is 43.7 Å². The third-order valence-corrected chi connectivity index (χ3v) is 4.25. The van der Waals surface area contributed by atoms with E-state index >= 15 is 0 Å². The van der Waals surface area contributed by atoms with Crippen LogP contribution in [0.15, 0.2) is 54.7 Å². The number of nitrogens with one attached hydrogen (secondary N) is 1. The Morgan fingerprint density at radius 3 is 2.96 bits per heavy atom. The van der Waals surface area contributed by atoms with Crippen molar-refractivity contribution in [1.29, 1.82) is 0 Å². The molecule has 0 saturated carbocycles. The molecule has 0 spiro atoms. The molecule has 0 aliphatic rings. The summed E-state index contributed by atoms with van der Waals surface area (Å²) >= 11 is 0. The molecule has 0 bridgehead atoms. The van der Waals surface area contributed by atoms with Gasteiger partial charge in [-0.1, -0.05) is 11.2 Å². The molecule has 144 valence electrons. The number of hydrogen-bond donors (Lipinski definition) is 1. The molecule has 1 aromatic carbocycles. The Kier molecular flexibility index (Phi) is 4.56. The lowest BCUT2D eigenvalue weighted by Gasteiger charge is -2.10. The Morgan fingerprint density at radius 2 is 2.18 bits per heavy atom. The first kappa shape index (κ1) is 17.8. The fourth-order valence-electron chi connectivity index (χ4n) is 2.94. The lowest BCUT2D eigenvalue weighted by atomic mass is 10.2. The number of rotatable bonds is 6. The zero-order chi connectivity index (χ0) is 19.7. The van der Waals surface area contributed by atoms with Gasteiger partial charge in [0, 0.05) is 12.5 Å². The van der Waals surface area contributed by atoms with Crippen LogP contribution in [0.3, 0.4) is 0 Å². The minimum Gasteiger partial charge on any atom is -0.469 e. The molecule has 9 heteroatoms. The highest BCUT2D eigenvalue weighted by atomic mass is 16.5. The van der Waals surface area contributed by atoms with Gasteiger partial charge in [0.05, 0.1) is 18.3 Å². The van der Waals surface area contributed by atoms with E-state index in [9.17, 15) is 9.59 Å². The maximum Gasteiger partial charge on any atom is 0.420 e. The summed E-state index contributed by atoms with van der Waals surface area (Å²) < 4.78 is 16.9. The van der Waals surface area contributed by atoms with E-state index < -0.39 is 11.7 Å². The number of amides is 1. The molecule has 3 heterocycles. The zero-order valence-electron chi connectivity index (χ0n) is 15.3. The van der Waals surface area contributed by atoms with Gasteiger partial charge in [0.2, 0.25) is 0 Å². The summed E-state index contributed by atoms with van der Waals surface area (Å²) in [6, 6.07) is 8.87. The third-order valence-electron chi connectivity index (χ3n) is 4.25. The van der Waals surface area contributed by atoms with E-state index in [-0.39, 0.29) is 24.3 Å². The predicted octanol–water partition coefficient (Wildman–Crippen LogP) is 2.29. The second-order valence-electron chi connectivity index (χ2n) is 6.60. The summed E-state index contributed by atoms with van der Waals surface area (Å²) in [7, 11) is 0. The van der Waals surface area contributed by atoms with Crippen LogP contribution in [-0.2, 0) is 13.0 Å². The smallest absolute Gasteiger partial charge is 0.420 e. The van der Waals surface area contributed by atoms with Gasteiger partial charge in [-0.2, -0.15) is 4.98 Å². The topological polar surface area (TPSA) is 116 Å². The van der Waals surface area contributed by atoms with Gasteiger partial charge in [0.15, 0.2) is 11.4 Å². The molecular weight excluding hydrogens is 364 g/mol. The van der Waals surface area contributed by atoms with Crippen LogP contribution >= 0.6 is 0 Å². The summed E-state index contributed by atoms with van der Waals surface area (Å²) in [5.74, 6) is -0.212. The molecule has 3 aromatic heterocycles. The summed E-state index contributed by atoms with van der Waals surface area (Å²) in [5.41, 5.74) is 2.09. The summed E-state index contributed by atoms with van der Waals surface area (Å²) in [5, 5.41) is 6.57. The first-order valence-corrected chi connectivity index (χ1v) is 8.75. The molecular formula is C19H18N4O5.